The lowest BCUT2D eigenvalue weighted by Gasteiger charge is -2.10. The number of benzene rings is 1. The van der Waals surface area contributed by atoms with E-state index in [1.807, 2.05) is 13.0 Å². The fourth-order valence-corrected chi connectivity index (χ4v) is 2.10. The zero-order valence-corrected chi connectivity index (χ0v) is 11.9. The molecule has 0 aliphatic heterocycles. The Hall–Kier alpha value is -1.57. The van der Waals surface area contributed by atoms with Gasteiger partial charge in [0.2, 0.25) is 0 Å². The van der Waals surface area contributed by atoms with Gasteiger partial charge in [-0.05, 0) is 52.7 Å². The van der Waals surface area contributed by atoms with Crippen molar-refractivity contribution in [2.24, 2.45) is 0 Å². The molecule has 0 unspecified atom stereocenters. The van der Waals surface area contributed by atoms with Gasteiger partial charge >= 0.3 is 0 Å². The number of nitriles is 1. The Morgan fingerprint density at radius 2 is 2.17 bits per heavy atom. The molecule has 0 atom stereocenters. The van der Waals surface area contributed by atoms with Crippen LogP contribution in [-0.2, 0) is 0 Å². The van der Waals surface area contributed by atoms with Crippen molar-refractivity contribution in [3.63, 3.8) is 0 Å². The second kappa shape index (κ2) is 5.38. The van der Waals surface area contributed by atoms with Crippen molar-refractivity contribution in [2.75, 3.05) is 5.32 Å². The Balaban J connectivity index is 2.37. The third-order valence-corrected chi connectivity index (χ3v) is 3.16. The van der Waals surface area contributed by atoms with Crippen LogP contribution in [0.3, 0.4) is 0 Å². The molecule has 0 radical (unpaired) electrons. The van der Waals surface area contributed by atoms with Crippen LogP contribution in [0.1, 0.15) is 11.1 Å². The van der Waals surface area contributed by atoms with Gasteiger partial charge in [-0.3, -0.25) is 0 Å². The van der Waals surface area contributed by atoms with E-state index in [1.165, 1.54) is 0 Å². The lowest BCUT2D eigenvalue weighted by molar-refractivity contribution is 1.24. The number of aryl methyl sites for hydroxylation is 1. The molecule has 0 aliphatic rings. The Kier molecular flexibility index (Phi) is 3.85. The summed E-state index contributed by atoms with van der Waals surface area (Å²) in [6.45, 7) is 1.95. The molecule has 0 bridgehead atoms. The van der Waals surface area contributed by atoms with Crippen molar-refractivity contribution >= 4 is 39.0 Å². The van der Waals surface area contributed by atoms with E-state index < -0.39 is 0 Å². The van der Waals surface area contributed by atoms with E-state index in [0.29, 0.717) is 16.3 Å². The fraction of sp³-hybridized carbons (Fsp3) is 0.0769. The molecule has 1 aromatic carbocycles. The molecule has 5 heteroatoms. The molecule has 18 heavy (non-hydrogen) atoms. The van der Waals surface area contributed by atoms with Crippen LogP contribution >= 0.6 is 27.5 Å². The van der Waals surface area contributed by atoms with Gasteiger partial charge in [-0.1, -0.05) is 11.6 Å². The van der Waals surface area contributed by atoms with Crippen LogP contribution in [-0.4, -0.2) is 4.98 Å². The third kappa shape index (κ3) is 2.81. The van der Waals surface area contributed by atoms with Gasteiger partial charge in [0.15, 0.2) is 0 Å². The van der Waals surface area contributed by atoms with Crippen molar-refractivity contribution in [3.05, 3.63) is 51.1 Å². The van der Waals surface area contributed by atoms with E-state index in [4.69, 9.17) is 16.9 Å². The summed E-state index contributed by atoms with van der Waals surface area (Å²) in [5, 5.41) is 12.5. The molecule has 3 nitrogen and oxygen atoms in total. The molecule has 1 N–H and O–H groups in total. The average Bonchev–Trinajstić information content (AvgIpc) is 2.35. The van der Waals surface area contributed by atoms with Gasteiger partial charge < -0.3 is 5.32 Å². The second-order valence-electron chi connectivity index (χ2n) is 3.75. The number of anilines is 2. The molecule has 2 aromatic rings. The van der Waals surface area contributed by atoms with Gasteiger partial charge in [0, 0.05) is 10.7 Å². The maximum Gasteiger partial charge on any atom is 0.133 e. The first-order valence-electron chi connectivity index (χ1n) is 5.19. The molecule has 0 saturated heterocycles. The van der Waals surface area contributed by atoms with Gasteiger partial charge in [0.25, 0.3) is 0 Å². The molecule has 2 rings (SSSR count). The van der Waals surface area contributed by atoms with E-state index in [9.17, 15) is 0 Å². The minimum Gasteiger partial charge on any atom is -0.339 e. The first kappa shape index (κ1) is 12.9. The minimum absolute atomic E-state index is 0.552. The van der Waals surface area contributed by atoms with Crippen molar-refractivity contribution in [3.8, 4) is 6.07 Å². The highest BCUT2D eigenvalue weighted by Gasteiger charge is 2.06. The zero-order valence-electron chi connectivity index (χ0n) is 9.54. The van der Waals surface area contributed by atoms with Crippen molar-refractivity contribution in [2.45, 2.75) is 6.92 Å². The van der Waals surface area contributed by atoms with E-state index in [2.05, 4.69) is 32.3 Å². The summed E-state index contributed by atoms with van der Waals surface area (Å²) in [5.74, 6) is 0.718. The lowest BCUT2D eigenvalue weighted by Crippen LogP contribution is -1.97. The van der Waals surface area contributed by atoms with Crippen LogP contribution in [0, 0.1) is 18.3 Å². The Morgan fingerprint density at radius 3 is 2.83 bits per heavy atom. The summed E-state index contributed by atoms with van der Waals surface area (Å²) in [7, 11) is 0. The summed E-state index contributed by atoms with van der Waals surface area (Å²) < 4.78 is 0.919. The number of nitrogens with zero attached hydrogens (tertiary/aromatic N) is 2. The Morgan fingerprint density at radius 1 is 1.39 bits per heavy atom. The van der Waals surface area contributed by atoms with Gasteiger partial charge in [0.1, 0.15) is 5.82 Å². The molecule has 1 aromatic heterocycles. The first-order valence-corrected chi connectivity index (χ1v) is 6.36. The first-order chi connectivity index (χ1) is 8.60. The van der Waals surface area contributed by atoms with Crippen molar-refractivity contribution < 1.29 is 0 Å². The molecule has 1 heterocycles. The van der Waals surface area contributed by atoms with Crippen LogP contribution < -0.4 is 5.32 Å². The molecular formula is C13H9BrClN3. The maximum atomic E-state index is 8.87. The van der Waals surface area contributed by atoms with Crippen LogP contribution in [0.15, 0.2) is 34.9 Å². The average molecular weight is 323 g/mol. The van der Waals surface area contributed by atoms with E-state index in [-0.39, 0.29) is 0 Å². The maximum absolute atomic E-state index is 8.87. The SMILES string of the molecule is Cc1cc(Br)cnc1Nc1cc(C#N)ccc1Cl. The fourth-order valence-electron chi connectivity index (χ4n) is 1.49. The predicted octanol–water partition coefficient (Wildman–Crippen LogP) is 4.42. The highest BCUT2D eigenvalue weighted by Crippen LogP contribution is 2.27. The molecule has 0 spiro atoms. The number of rotatable bonds is 2. The topological polar surface area (TPSA) is 48.7 Å². The second-order valence-corrected chi connectivity index (χ2v) is 5.07. The third-order valence-electron chi connectivity index (χ3n) is 2.39. The monoisotopic (exact) mass is 321 g/mol. The van der Waals surface area contributed by atoms with Gasteiger partial charge in [-0.2, -0.15) is 5.26 Å². The largest absolute Gasteiger partial charge is 0.339 e. The highest BCUT2D eigenvalue weighted by molar-refractivity contribution is 9.10. The smallest absolute Gasteiger partial charge is 0.133 e. The normalized spacial score (nSPS) is 9.89. The number of hydrogen-bond donors (Lipinski definition) is 1. The molecular weight excluding hydrogens is 314 g/mol. The van der Waals surface area contributed by atoms with Crippen molar-refractivity contribution in [1.82, 2.24) is 4.98 Å². The summed E-state index contributed by atoms with van der Waals surface area (Å²) in [5.41, 5.74) is 2.22. The quantitative estimate of drug-likeness (QED) is 0.890. The lowest BCUT2D eigenvalue weighted by atomic mass is 10.2. The molecule has 0 saturated carbocycles. The molecule has 90 valence electrons. The van der Waals surface area contributed by atoms with E-state index in [0.717, 1.165) is 15.9 Å². The van der Waals surface area contributed by atoms with Crippen LogP contribution in [0.4, 0.5) is 11.5 Å². The minimum atomic E-state index is 0.552. The number of aromatic nitrogens is 1. The van der Waals surface area contributed by atoms with Gasteiger partial charge in [-0.25, -0.2) is 4.98 Å². The van der Waals surface area contributed by atoms with Crippen molar-refractivity contribution in [1.29, 1.82) is 5.26 Å². The summed E-state index contributed by atoms with van der Waals surface area (Å²) in [6, 6.07) is 9.10. The highest BCUT2D eigenvalue weighted by atomic mass is 79.9. The zero-order chi connectivity index (χ0) is 13.1. The van der Waals surface area contributed by atoms with Crippen LogP contribution in [0.5, 0.6) is 0 Å². The number of nitrogens with one attached hydrogen (secondary N) is 1. The number of halogens is 2. The summed E-state index contributed by atoms with van der Waals surface area (Å²) in [6.07, 6.45) is 1.71. The summed E-state index contributed by atoms with van der Waals surface area (Å²) in [4.78, 5) is 4.27. The van der Waals surface area contributed by atoms with Crippen LogP contribution in [0.2, 0.25) is 5.02 Å². The van der Waals surface area contributed by atoms with E-state index >= 15 is 0 Å². The van der Waals surface area contributed by atoms with Crippen LogP contribution in [0.25, 0.3) is 0 Å². The Labute approximate surface area is 119 Å². The number of pyridine rings is 1. The molecule has 0 fully saturated rings. The predicted molar refractivity (Wildman–Crippen MR) is 76.1 cm³/mol. The molecule has 0 aliphatic carbocycles. The Bertz CT molecular complexity index is 635. The van der Waals surface area contributed by atoms with E-state index in [1.54, 1.807) is 24.4 Å². The standard InChI is InChI=1S/C13H9BrClN3/c1-8-4-10(14)7-17-13(8)18-12-5-9(6-16)2-3-11(12)15/h2-5,7H,1H3,(H,17,18). The number of hydrogen-bond acceptors (Lipinski definition) is 3. The molecule has 0 amide bonds. The van der Waals surface area contributed by atoms with Gasteiger partial charge in [0.05, 0.1) is 22.3 Å². The van der Waals surface area contributed by atoms with Gasteiger partial charge in [-0.15, -0.1) is 0 Å². The summed E-state index contributed by atoms with van der Waals surface area (Å²) >= 11 is 9.44.